The Hall–Kier alpha value is -2.35. The summed E-state index contributed by atoms with van der Waals surface area (Å²) in [5.74, 6) is 0. The number of rotatable bonds is 8. The number of aromatic nitrogens is 2. The molecule has 2 N–H and O–H groups in total. The second-order valence-corrected chi connectivity index (χ2v) is 7.93. The summed E-state index contributed by atoms with van der Waals surface area (Å²) in [5.41, 5.74) is 1.20. The quantitative estimate of drug-likeness (QED) is 0.594. The van der Waals surface area contributed by atoms with Crippen molar-refractivity contribution in [3.63, 3.8) is 0 Å². The van der Waals surface area contributed by atoms with Gasteiger partial charge in [0, 0.05) is 42.8 Å². The Morgan fingerprint density at radius 2 is 1.77 bits per heavy atom. The van der Waals surface area contributed by atoms with E-state index in [1.54, 1.807) is 49.1 Å². The highest BCUT2D eigenvalue weighted by atomic mass is 32.2. The Kier molecular flexibility index (Phi) is 5.92. The Morgan fingerprint density at radius 3 is 2.58 bits per heavy atom. The predicted octanol–water partition coefficient (Wildman–Crippen LogP) is 2.13. The van der Waals surface area contributed by atoms with Crippen molar-refractivity contribution in [2.24, 2.45) is 0 Å². The molecular weight excluding hydrogens is 348 g/mol. The third-order valence-electron chi connectivity index (χ3n) is 4.07. The van der Waals surface area contributed by atoms with Crippen LogP contribution in [0.2, 0.25) is 0 Å². The number of hydrogen-bond donors (Lipinski definition) is 2. The molecule has 0 aliphatic carbocycles. The first-order valence-electron chi connectivity index (χ1n) is 8.50. The maximum absolute atomic E-state index is 12.6. The van der Waals surface area contributed by atoms with Crippen LogP contribution in [0.4, 0.5) is 0 Å². The van der Waals surface area contributed by atoms with Crippen molar-refractivity contribution in [1.29, 1.82) is 0 Å². The first kappa shape index (κ1) is 18.4. The molecule has 7 heteroatoms. The highest BCUT2D eigenvalue weighted by Gasteiger charge is 2.17. The summed E-state index contributed by atoms with van der Waals surface area (Å²) in [6.45, 7) is 3.18. The molecule has 0 aliphatic heterocycles. The lowest BCUT2D eigenvalue weighted by Gasteiger charge is -2.15. The molecule has 0 unspecified atom stereocenters. The van der Waals surface area contributed by atoms with Gasteiger partial charge in [-0.15, -0.1) is 0 Å². The van der Waals surface area contributed by atoms with Crippen molar-refractivity contribution in [2.75, 3.05) is 13.1 Å². The molecule has 136 valence electrons. The minimum absolute atomic E-state index is 0.217. The molecule has 6 nitrogen and oxygen atoms in total. The third kappa shape index (κ3) is 4.85. The molecule has 0 bridgehead atoms. The van der Waals surface area contributed by atoms with Gasteiger partial charge < -0.3 is 5.32 Å². The van der Waals surface area contributed by atoms with E-state index < -0.39 is 10.0 Å². The number of fused-ring (bicyclic) bond motifs is 1. The summed E-state index contributed by atoms with van der Waals surface area (Å²) in [4.78, 5) is 8.29. The van der Waals surface area contributed by atoms with E-state index in [9.17, 15) is 8.42 Å². The number of hydrogen-bond acceptors (Lipinski definition) is 5. The van der Waals surface area contributed by atoms with Crippen LogP contribution in [0.25, 0.3) is 10.8 Å². The van der Waals surface area contributed by atoms with E-state index in [0.717, 1.165) is 23.7 Å². The molecule has 26 heavy (non-hydrogen) atoms. The fraction of sp³-hybridized carbons (Fsp3) is 0.263. The molecule has 0 saturated carbocycles. The average molecular weight is 370 g/mol. The molecule has 3 aromatic rings. The van der Waals surface area contributed by atoms with Crippen molar-refractivity contribution in [2.45, 2.75) is 24.3 Å². The van der Waals surface area contributed by atoms with Gasteiger partial charge in [0.05, 0.1) is 4.90 Å². The molecule has 0 spiro atoms. The van der Waals surface area contributed by atoms with Crippen LogP contribution in [0.15, 0.2) is 66.1 Å². The highest BCUT2D eigenvalue weighted by molar-refractivity contribution is 7.89. The van der Waals surface area contributed by atoms with E-state index in [-0.39, 0.29) is 10.9 Å². The summed E-state index contributed by atoms with van der Waals surface area (Å²) < 4.78 is 27.9. The lowest BCUT2D eigenvalue weighted by Crippen LogP contribution is -2.40. The van der Waals surface area contributed by atoms with Gasteiger partial charge >= 0.3 is 0 Å². The smallest absolute Gasteiger partial charge is 0.240 e. The second-order valence-electron chi connectivity index (χ2n) is 6.22. The first-order valence-corrected chi connectivity index (χ1v) is 9.99. The molecule has 2 aromatic heterocycles. The zero-order chi connectivity index (χ0) is 18.4. The SMILES string of the molecule is C[C@H](CNCCc1ccncc1)NS(=O)(=O)c1ccc2cnccc2c1. The normalized spacial score (nSPS) is 13.0. The number of sulfonamides is 1. The van der Waals surface area contributed by atoms with Gasteiger partial charge in [-0.2, -0.15) is 0 Å². The van der Waals surface area contributed by atoms with E-state index in [0.29, 0.717) is 6.54 Å². The van der Waals surface area contributed by atoms with E-state index in [1.807, 2.05) is 19.1 Å². The van der Waals surface area contributed by atoms with Crippen LogP contribution in [-0.2, 0) is 16.4 Å². The van der Waals surface area contributed by atoms with Crippen LogP contribution in [0.1, 0.15) is 12.5 Å². The summed E-state index contributed by atoms with van der Waals surface area (Å²) in [5, 5.41) is 5.05. The van der Waals surface area contributed by atoms with E-state index in [1.165, 1.54) is 5.56 Å². The Labute approximate surface area is 153 Å². The largest absolute Gasteiger partial charge is 0.315 e. The minimum Gasteiger partial charge on any atom is -0.315 e. The molecule has 2 heterocycles. The predicted molar refractivity (Wildman–Crippen MR) is 102 cm³/mol. The summed E-state index contributed by atoms with van der Waals surface area (Å²) in [7, 11) is -3.56. The molecule has 0 amide bonds. The summed E-state index contributed by atoms with van der Waals surface area (Å²) in [6.07, 6.45) is 7.79. The van der Waals surface area contributed by atoms with Gasteiger partial charge in [0.15, 0.2) is 0 Å². The topological polar surface area (TPSA) is 84.0 Å². The van der Waals surface area contributed by atoms with Gasteiger partial charge in [0.1, 0.15) is 0 Å². The monoisotopic (exact) mass is 370 g/mol. The number of benzene rings is 1. The maximum atomic E-state index is 12.6. The second kappa shape index (κ2) is 8.35. The summed E-state index contributed by atoms with van der Waals surface area (Å²) >= 11 is 0. The van der Waals surface area contributed by atoms with Gasteiger partial charge in [0.2, 0.25) is 10.0 Å². The number of pyridine rings is 2. The van der Waals surface area contributed by atoms with Crippen molar-refractivity contribution >= 4 is 20.8 Å². The van der Waals surface area contributed by atoms with Gasteiger partial charge in [0.25, 0.3) is 0 Å². The van der Waals surface area contributed by atoms with Crippen LogP contribution < -0.4 is 10.0 Å². The number of nitrogens with one attached hydrogen (secondary N) is 2. The lowest BCUT2D eigenvalue weighted by molar-refractivity contribution is 0.537. The minimum atomic E-state index is -3.56. The first-order chi connectivity index (χ1) is 12.5. The molecular formula is C19H22N4O2S. The number of nitrogens with zero attached hydrogens (tertiary/aromatic N) is 2. The van der Waals surface area contributed by atoms with Crippen LogP contribution in [0.3, 0.4) is 0 Å². The van der Waals surface area contributed by atoms with E-state index >= 15 is 0 Å². The van der Waals surface area contributed by atoms with E-state index in [4.69, 9.17) is 0 Å². The maximum Gasteiger partial charge on any atom is 0.240 e. The zero-order valence-corrected chi connectivity index (χ0v) is 15.4. The Morgan fingerprint density at radius 1 is 1.00 bits per heavy atom. The molecule has 0 radical (unpaired) electrons. The Balaban J connectivity index is 1.54. The molecule has 0 aliphatic rings. The van der Waals surface area contributed by atoms with Crippen molar-refractivity contribution in [3.05, 3.63) is 66.7 Å². The summed E-state index contributed by atoms with van der Waals surface area (Å²) in [6, 6.07) is 10.6. The Bertz CT molecular complexity index is 961. The molecule has 1 aromatic carbocycles. The van der Waals surface area contributed by atoms with Crippen LogP contribution in [0, 0.1) is 0 Å². The fourth-order valence-corrected chi connectivity index (χ4v) is 3.98. The van der Waals surface area contributed by atoms with Gasteiger partial charge in [-0.3, -0.25) is 9.97 Å². The highest BCUT2D eigenvalue weighted by Crippen LogP contribution is 2.18. The van der Waals surface area contributed by atoms with Crippen LogP contribution in [0.5, 0.6) is 0 Å². The van der Waals surface area contributed by atoms with Crippen molar-refractivity contribution in [3.8, 4) is 0 Å². The lowest BCUT2D eigenvalue weighted by atomic mass is 10.2. The van der Waals surface area contributed by atoms with Crippen LogP contribution in [-0.4, -0.2) is 37.5 Å². The third-order valence-corrected chi connectivity index (χ3v) is 5.66. The standard InChI is InChI=1S/C19H22N4O2S/c1-15(13-21-10-6-16-4-8-20-9-5-16)23-26(24,25)19-3-2-18-14-22-11-7-17(18)12-19/h2-5,7-9,11-12,14-15,21,23H,6,10,13H2,1H3/t15-/m1/s1. The van der Waals surface area contributed by atoms with Crippen molar-refractivity contribution < 1.29 is 8.42 Å². The van der Waals surface area contributed by atoms with Gasteiger partial charge in [-0.05, 0) is 61.2 Å². The molecule has 0 saturated heterocycles. The van der Waals surface area contributed by atoms with Crippen molar-refractivity contribution in [1.82, 2.24) is 20.0 Å². The van der Waals surface area contributed by atoms with Gasteiger partial charge in [-0.1, -0.05) is 6.07 Å². The molecule has 0 fully saturated rings. The average Bonchev–Trinajstić information content (AvgIpc) is 2.65. The molecule has 3 rings (SSSR count). The van der Waals surface area contributed by atoms with Crippen LogP contribution >= 0.6 is 0 Å². The van der Waals surface area contributed by atoms with Gasteiger partial charge in [-0.25, -0.2) is 13.1 Å². The molecule has 1 atom stereocenters. The fourth-order valence-electron chi connectivity index (χ4n) is 2.70. The van der Waals surface area contributed by atoms with E-state index in [2.05, 4.69) is 20.0 Å². The zero-order valence-electron chi connectivity index (χ0n) is 14.6.